The summed E-state index contributed by atoms with van der Waals surface area (Å²) in [6.45, 7) is 37.4. The van der Waals surface area contributed by atoms with Gasteiger partial charge in [0, 0.05) is 94.1 Å². The van der Waals surface area contributed by atoms with E-state index in [-0.39, 0.29) is 73.9 Å². The van der Waals surface area contributed by atoms with Gasteiger partial charge in [0.15, 0.2) is 0 Å². The second-order valence-electron chi connectivity index (χ2n) is 25.2. The molecule has 402 valence electrons. The molecular formula is C71H85HfN3O2-2. The van der Waals surface area contributed by atoms with Gasteiger partial charge in [0.05, 0.1) is 22.8 Å². The molecule has 0 aliphatic carbocycles. The number of rotatable bonds is 10. The van der Waals surface area contributed by atoms with Gasteiger partial charge in [0.1, 0.15) is 11.5 Å². The van der Waals surface area contributed by atoms with Crippen molar-refractivity contribution in [2.45, 2.75) is 158 Å². The quantitative estimate of drug-likeness (QED) is 0.106. The normalized spacial score (nSPS) is 12.2. The van der Waals surface area contributed by atoms with Crippen LogP contribution in [0, 0.1) is 28.7 Å². The molecule has 0 bridgehead atoms. The predicted molar refractivity (Wildman–Crippen MR) is 329 cm³/mol. The average Bonchev–Trinajstić information content (AvgIpc) is 3.84. The molecule has 3 aromatic heterocycles. The van der Waals surface area contributed by atoms with Gasteiger partial charge in [0.25, 0.3) is 0 Å². The Morgan fingerprint density at radius 3 is 1.04 bits per heavy atom. The second-order valence-corrected chi connectivity index (χ2v) is 25.2. The zero-order valence-electron chi connectivity index (χ0n) is 49.7. The van der Waals surface area contributed by atoms with Crippen molar-refractivity contribution in [2.75, 3.05) is 0 Å². The Balaban J connectivity index is 0.00000320. The zero-order chi connectivity index (χ0) is 53.4. The number of hydrogen-bond acceptors (Lipinski definition) is 3. The molecule has 6 heteroatoms. The molecular weight excluding hydrogens is 1110 g/mol. The summed E-state index contributed by atoms with van der Waals surface area (Å²) in [4.78, 5) is 5.76. The first-order valence-electron chi connectivity index (χ1n) is 27.0. The first-order chi connectivity index (χ1) is 34.8. The fourth-order valence-corrected chi connectivity index (χ4v) is 11.0. The Labute approximate surface area is 481 Å². The third kappa shape index (κ3) is 11.5. The maximum Gasteiger partial charge on any atom is 0.132 e. The van der Waals surface area contributed by atoms with Gasteiger partial charge in [-0.1, -0.05) is 176 Å². The second kappa shape index (κ2) is 22.4. The van der Waals surface area contributed by atoms with Crippen molar-refractivity contribution >= 4 is 21.8 Å². The molecule has 9 rings (SSSR count). The summed E-state index contributed by atoms with van der Waals surface area (Å²) in [6.07, 6.45) is 1.81. The van der Waals surface area contributed by atoms with Crippen molar-refractivity contribution in [3.8, 4) is 78.8 Å². The minimum Gasteiger partial charge on any atom is -0.507 e. The SMILES string of the molecule is CCCn1c(-c2cc(C)cc(-c3cc(C(C)(C)C)cc(C(C)(C)C)c3)c2O)c(-c2cccc(-c3c(-c4cc(C)cc(-c5cc(C(C)(C)C)cc(C(C)(C)C)c5)c4O)n(CCC)c4ccccc34)n2)c2ccccc21.[CH3-].[CH3-].[Hf]. The Bertz CT molecular complexity index is 3310. The predicted octanol–water partition coefficient (Wildman–Crippen LogP) is 19.9. The van der Waals surface area contributed by atoms with Crippen molar-refractivity contribution in [1.29, 1.82) is 0 Å². The van der Waals surface area contributed by atoms with Crippen LogP contribution in [0.1, 0.15) is 143 Å². The fraction of sp³-hybridized carbons (Fsp3) is 0.338. The molecule has 77 heavy (non-hydrogen) atoms. The number of aromatic nitrogens is 3. The topological polar surface area (TPSA) is 63.2 Å². The van der Waals surface area contributed by atoms with E-state index < -0.39 is 0 Å². The number of fused-ring (bicyclic) bond motifs is 2. The number of benzene rings is 6. The van der Waals surface area contributed by atoms with Crippen LogP contribution in [0.25, 0.3) is 89.1 Å². The van der Waals surface area contributed by atoms with Gasteiger partial charge >= 0.3 is 0 Å². The summed E-state index contributed by atoms with van der Waals surface area (Å²) in [5.74, 6) is 0.523. The molecule has 5 nitrogen and oxygen atoms in total. The van der Waals surface area contributed by atoms with E-state index in [4.69, 9.17) is 4.98 Å². The van der Waals surface area contributed by atoms with Crippen molar-refractivity contribution in [1.82, 2.24) is 14.1 Å². The van der Waals surface area contributed by atoms with Crippen molar-refractivity contribution < 1.29 is 36.1 Å². The molecule has 0 unspecified atom stereocenters. The molecule has 2 N–H and O–H groups in total. The van der Waals surface area contributed by atoms with E-state index in [0.29, 0.717) is 0 Å². The zero-order valence-corrected chi connectivity index (χ0v) is 53.3. The van der Waals surface area contributed by atoms with Crippen LogP contribution in [0.4, 0.5) is 0 Å². The van der Waals surface area contributed by atoms with Gasteiger partial charge in [-0.05, 0) is 141 Å². The summed E-state index contributed by atoms with van der Waals surface area (Å²) < 4.78 is 4.79. The molecule has 0 aliphatic heterocycles. The Morgan fingerprint density at radius 2 is 0.727 bits per heavy atom. The van der Waals surface area contributed by atoms with Crippen molar-refractivity contribution in [2.24, 2.45) is 0 Å². The van der Waals surface area contributed by atoms with Crippen LogP contribution in [0.5, 0.6) is 11.5 Å². The average molecular weight is 1190 g/mol. The van der Waals surface area contributed by atoms with E-state index in [2.05, 4.69) is 247 Å². The fourth-order valence-electron chi connectivity index (χ4n) is 11.0. The summed E-state index contributed by atoms with van der Waals surface area (Å²) in [5, 5.41) is 28.1. The van der Waals surface area contributed by atoms with Crippen LogP contribution in [-0.4, -0.2) is 24.3 Å². The molecule has 0 atom stereocenters. The number of para-hydroxylation sites is 2. The summed E-state index contributed by atoms with van der Waals surface area (Å²) in [7, 11) is 0. The molecule has 0 fully saturated rings. The smallest absolute Gasteiger partial charge is 0.132 e. The van der Waals surface area contributed by atoms with E-state index >= 15 is 0 Å². The van der Waals surface area contributed by atoms with Crippen molar-refractivity contribution in [3.63, 3.8) is 0 Å². The molecule has 6 aromatic carbocycles. The number of aromatic hydroxyl groups is 2. The van der Waals surface area contributed by atoms with Crippen LogP contribution in [-0.2, 0) is 60.6 Å². The number of phenols is 2. The summed E-state index contributed by atoms with van der Waals surface area (Å²) in [5.41, 5.74) is 19.7. The molecule has 9 aromatic rings. The molecule has 0 saturated heterocycles. The van der Waals surface area contributed by atoms with Gasteiger partial charge < -0.3 is 34.2 Å². The minimum atomic E-state index is -0.0903. The number of aryl methyl sites for hydroxylation is 4. The largest absolute Gasteiger partial charge is 0.507 e. The molecule has 0 saturated carbocycles. The Hall–Kier alpha value is -5.98. The standard InChI is InChI=1S/C69H79N3O2.2CH3.Hf/c1-17-30-71-58-28-21-19-24-50(58)60(62(71)54-34-42(3)32-52(64(54)73)44-36-46(66(5,6)7)40-47(37-44)67(8,9)10)56-26-23-27-57(70-56)61-51-25-20-22-29-59(51)72(31-18-2)63(61)55-35-43(4)33-53(65(55)74)45-38-48(68(11,12)13)41-49(39-45)69(14,15)16;;;/h19-29,32-41,73-74H,17-18,30-31H2,1-16H3;2*1H3;/q;2*-1;. The Kier molecular flexibility index (Phi) is 17.5. The number of nitrogens with zero attached hydrogens (tertiary/aromatic N) is 3. The number of pyridine rings is 1. The van der Waals surface area contributed by atoms with Gasteiger partial charge in [0.2, 0.25) is 0 Å². The molecule has 0 radical (unpaired) electrons. The van der Waals surface area contributed by atoms with Crippen LogP contribution in [0.3, 0.4) is 0 Å². The summed E-state index contributed by atoms with van der Waals surface area (Å²) >= 11 is 0. The first-order valence-corrected chi connectivity index (χ1v) is 27.0. The van der Waals surface area contributed by atoms with E-state index in [1.54, 1.807) is 0 Å². The first kappa shape index (κ1) is 60.3. The van der Waals surface area contributed by atoms with Gasteiger partial charge in [-0.15, -0.1) is 0 Å². The molecule has 0 amide bonds. The third-order valence-electron chi connectivity index (χ3n) is 15.1. The molecule has 3 heterocycles. The van der Waals surface area contributed by atoms with E-state index in [0.717, 1.165) is 126 Å². The van der Waals surface area contributed by atoms with Crippen LogP contribution >= 0.6 is 0 Å². The van der Waals surface area contributed by atoms with E-state index in [1.165, 1.54) is 22.3 Å². The maximum atomic E-state index is 13.0. The maximum absolute atomic E-state index is 13.0. The van der Waals surface area contributed by atoms with Gasteiger partial charge in [-0.3, -0.25) is 0 Å². The van der Waals surface area contributed by atoms with Crippen LogP contribution in [0.2, 0.25) is 0 Å². The Morgan fingerprint density at radius 1 is 0.416 bits per heavy atom. The number of phenolic OH excluding ortho intramolecular Hbond substituents is 2. The van der Waals surface area contributed by atoms with E-state index in [9.17, 15) is 10.2 Å². The summed E-state index contributed by atoms with van der Waals surface area (Å²) in [6, 6.07) is 46.0. The molecule has 0 aliphatic rings. The third-order valence-corrected chi connectivity index (χ3v) is 15.1. The van der Waals surface area contributed by atoms with Gasteiger partial charge in [-0.25, -0.2) is 4.98 Å². The molecule has 0 spiro atoms. The number of hydrogen-bond donors (Lipinski definition) is 2. The minimum absolute atomic E-state index is 0. The van der Waals surface area contributed by atoms with Gasteiger partial charge in [-0.2, -0.15) is 0 Å². The van der Waals surface area contributed by atoms with Crippen LogP contribution < -0.4 is 0 Å². The van der Waals surface area contributed by atoms with E-state index in [1.807, 2.05) is 0 Å². The van der Waals surface area contributed by atoms with Crippen molar-refractivity contribution in [3.05, 3.63) is 176 Å². The van der Waals surface area contributed by atoms with Crippen LogP contribution in [0.15, 0.2) is 127 Å². The monoisotopic (exact) mass is 1190 g/mol.